The number of rotatable bonds is 2. The molecule has 0 amide bonds. The minimum absolute atomic E-state index is 0.351. The Hall–Kier alpha value is -2.48. The van der Waals surface area contributed by atoms with Gasteiger partial charge in [-0.05, 0) is 54.3 Å². The molecule has 0 fully saturated rings. The van der Waals surface area contributed by atoms with Crippen LogP contribution in [0.3, 0.4) is 0 Å². The maximum absolute atomic E-state index is 12.7. The van der Waals surface area contributed by atoms with E-state index in [2.05, 4.69) is 6.07 Å². The van der Waals surface area contributed by atoms with Crippen molar-refractivity contribution in [3.63, 3.8) is 0 Å². The Balaban J connectivity index is 1.98. The molecule has 0 aliphatic carbocycles. The summed E-state index contributed by atoms with van der Waals surface area (Å²) >= 11 is 0. The van der Waals surface area contributed by atoms with Gasteiger partial charge in [-0.15, -0.1) is 0 Å². The molecule has 0 N–H and O–H groups in total. The molecule has 1 heterocycles. The van der Waals surface area contributed by atoms with Crippen molar-refractivity contribution in [2.45, 2.75) is 25.4 Å². The highest BCUT2D eigenvalue weighted by Gasteiger charge is 2.30. The fourth-order valence-electron chi connectivity index (χ4n) is 3.05. The molecule has 2 aromatic carbocycles. The third-order valence-corrected chi connectivity index (χ3v) is 4.12. The monoisotopic (exact) mass is 316 g/mol. The standard InChI is InChI=1S/C18H15F3N2/c19-18(20,21)14-6-8-15(9-7-14)23-12-2-4-16-13(10-11-22)3-1-5-17(16)23/h1,3,5-9H,2,4,10,12H2. The summed E-state index contributed by atoms with van der Waals surface area (Å²) in [6, 6.07) is 13.2. The molecule has 2 nitrogen and oxygen atoms in total. The minimum Gasteiger partial charge on any atom is -0.341 e. The van der Waals surface area contributed by atoms with Crippen LogP contribution in [0.2, 0.25) is 0 Å². The van der Waals surface area contributed by atoms with Crippen LogP contribution < -0.4 is 4.90 Å². The molecule has 0 aromatic heterocycles. The zero-order chi connectivity index (χ0) is 16.4. The van der Waals surface area contributed by atoms with Crippen LogP contribution >= 0.6 is 0 Å². The molecular weight excluding hydrogens is 301 g/mol. The van der Waals surface area contributed by atoms with Crippen LogP contribution in [-0.4, -0.2) is 6.54 Å². The fourth-order valence-corrected chi connectivity index (χ4v) is 3.05. The van der Waals surface area contributed by atoms with E-state index < -0.39 is 11.7 Å². The molecule has 0 unspecified atom stereocenters. The number of benzene rings is 2. The van der Waals surface area contributed by atoms with Crippen molar-refractivity contribution in [2.75, 3.05) is 11.4 Å². The number of hydrogen-bond acceptors (Lipinski definition) is 2. The Bertz CT molecular complexity index is 742. The molecule has 0 bridgehead atoms. The van der Waals surface area contributed by atoms with Gasteiger partial charge in [-0.2, -0.15) is 18.4 Å². The summed E-state index contributed by atoms with van der Waals surface area (Å²) in [6.45, 7) is 0.758. The molecule has 0 spiro atoms. The highest BCUT2D eigenvalue weighted by molar-refractivity contribution is 5.69. The average molecular weight is 316 g/mol. The second kappa shape index (κ2) is 5.96. The Labute approximate surface area is 132 Å². The lowest BCUT2D eigenvalue weighted by molar-refractivity contribution is -0.137. The normalized spacial score (nSPS) is 14.3. The molecular formula is C18H15F3N2. The van der Waals surface area contributed by atoms with Gasteiger partial charge in [-0.25, -0.2) is 0 Å². The van der Waals surface area contributed by atoms with E-state index >= 15 is 0 Å². The van der Waals surface area contributed by atoms with E-state index in [1.54, 1.807) is 0 Å². The van der Waals surface area contributed by atoms with Gasteiger partial charge in [0.2, 0.25) is 0 Å². The van der Waals surface area contributed by atoms with Crippen LogP contribution in [0.25, 0.3) is 0 Å². The zero-order valence-corrected chi connectivity index (χ0v) is 12.4. The Kier molecular flexibility index (Phi) is 3.99. The van der Waals surface area contributed by atoms with E-state index in [4.69, 9.17) is 5.26 Å². The molecule has 23 heavy (non-hydrogen) atoms. The summed E-state index contributed by atoms with van der Waals surface area (Å²) < 4.78 is 38.1. The Morgan fingerprint density at radius 1 is 1.09 bits per heavy atom. The number of anilines is 2. The summed E-state index contributed by atoms with van der Waals surface area (Å²) in [7, 11) is 0. The molecule has 1 aliphatic heterocycles. The quantitative estimate of drug-likeness (QED) is 0.791. The van der Waals surface area contributed by atoms with Crippen LogP contribution in [0.5, 0.6) is 0 Å². The smallest absolute Gasteiger partial charge is 0.341 e. The van der Waals surface area contributed by atoms with Crippen molar-refractivity contribution in [1.82, 2.24) is 0 Å². The van der Waals surface area contributed by atoms with Gasteiger partial charge in [-0.1, -0.05) is 12.1 Å². The molecule has 3 rings (SSSR count). The lowest BCUT2D eigenvalue weighted by atomic mass is 9.94. The number of alkyl halides is 3. The number of fused-ring (bicyclic) bond motifs is 1. The van der Waals surface area contributed by atoms with Gasteiger partial charge in [0.05, 0.1) is 18.1 Å². The number of nitrogens with zero attached hydrogens (tertiary/aromatic N) is 2. The Morgan fingerprint density at radius 3 is 2.48 bits per heavy atom. The second-order valence-corrected chi connectivity index (χ2v) is 5.55. The van der Waals surface area contributed by atoms with E-state index in [9.17, 15) is 13.2 Å². The number of nitriles is 1. The first-order valence-corrected chi connectivity index (χ1v) is 7.43. The number of hydrogen-bond donors (Lipinski definition) is 0. The first kappa shape index (κ1) is 15.4. The lowest BCUT2D eigenvalue weighted by Gasteiger charge is -2.32. The van der Waals surface area contributed by atoms with Crippen LogP contribution in [0.4, 0.5) is 24.5 Å². The molecule has 118 valence electrons. The molecule has 0 atom stereocenters. The van der Waals surface area contributed by atoms with Gasteiger partial charge in [0, 0.05) is 17.9 Å². The van der Waals surface area contributed by atoms with E-state index in [0.717, 1.165) is 54.0 Å². The van der Waals surface area contributed by atoms with Gasteiger partial charge in [0.1, 0.15) is 0 Å². The predicted molar refractivity (Wildman–Crippen MR) is 82.5 cm³/mol. The largest absolute Gasteiger partial charge is 0.416 e. The van der Waals surface area contributed by atoms with Crippen molar-refractivity contribution in [1.29, 1.82) is 5.26 Å². The third kappa shape index (κ3) is 3.02. The van der Waals surface area contributed by atoms with E-state index in [0.29, 0.717) is 6.42 Å². The second-order valence-electron chi connectivity index (χ2n) is 5.55. The topological polar surface area (TPSA) is 27.0 Å². The molecule has 0 saturated carbocycles. The molecule has 0 radical (unpaired) electrons. The van der Waals surface area contributed by atoms with Gasteiger partial charge in [-0.3, -0.25) is 0 Å². The van der Waals surface area contributed by atoms with Crippen LogP contribution in [0.15, 0.2) is 42.5 Å². The van der Waals surface area contributed by atoms with Gasteiger partial charge >= 0.3 is 6.18 Å². The van der Waals surface area contributed by atoms with Crippen molar-refractivity contribution in [3.8, 4) is 6.07 Å². The van der Waals surface area contributed by atoms with Crippen molar-refractivity contribution in [2.24, 2.45) is 0 Å². The highest BCUT2D eigenvalue weighted by atomic mass is 19.4. The lowest BCUT2D eigenvalue weighted by Crippen LogP contribution is -2.25. The maximum Gasteiger partial charge on any atom is 0.416 e. The third-order valence-electron chi connectivity index (χ3n) is 4.12. The summed E-state index contributed by atoms with van der Waals surface area (Å²) in [5, 5.41) is 8.94. The highest BCUT2D eigenvalue weighted by Crippen LogP contribution is 2.37. The van der Waals surface area contributed by atoms with E-state index in [1.165, 1.54) is 12.1 Å². The van der Waals surface area contributed by atoms with Crippen molar-refractivity contribution in [3.05, 3.63) is 59.2 Å². The first-order valence-electron chi connectivity index (χ1n) is 7.43. The van der Waals surface area contributed by atoms with E-state index in [1.807, 2.05) is 23.1 Å². The van der Waals surface area contributed by atoms with Crippen molar-refractivity contribution < 1.29 is 13.2 Å². The zero-order valence-electron chi connectivity index (χ0n) is 12.4. The van der Waals surface area contributed by atoms with Gasteiger partial charge in [0.15, 0.2) is 0 Å². The summed E-state index contributed by atoms with van der Waals surface area (Å²) in [5.41, 5.74) is 3.22. The van der Waals surface area contributed by atoms with E-state index in [-0.39, 0.29) is 0 Å². The summed E-state index contributed by atoms with van der Waals surface area (Å²) in [5.74, 6) is 0. The molecule has 1 aliphatic rings. The van der Waals surface area contributed by atoms with Crippen molar-refractivity contribution >= 4 is 11.4 Å². The molecule has 2 aromatic rings. The molecule has 5 heteroatoms. The predicted octanol–water partition coefficient (Wildman–Crippen LogP) is 4.86. The fraction of sp³-hybridized carbons (Fsp3) is 0.278. The SMILES string of the molecule is N#CCc1cccc2c1CCCN2c1ccc(C(F)(F)F)cc1. The average Bonchev–Trinajstić information content (AvgIpc) is 2.54. The minimum atomic E-state index is -4.32. The van der Waals surface area contributed by atoms with Crippen LogP contribution in [0.1, 0.15) is 23.1 Å². The van der Waals surface area contributed by atoms with Crippen LogP contribution in [0, 0.1) is 11.3 Å². The number of halogens is 3. The molecule has 0 saturated heterocycles. The van der Waals surface area contributed by atoms with Gasteiger partial charge in [0.25, 0.3) is 0 Å². The summed E-state index contributed by atoms with van der Waals surface area (Å²) in [4.78, 5) is 2.03. The maximum atomic E-state index is 12.7. The Morgan fingerprint density at radius 2 is 1.83 bits per heavy atom. The van der Waals surface area contributed by atoms with Gasteiger partial charge < -0.3 is 4.90 Å². The summed E-state index contributed by atoms with van der Waals surface area (Å²) in [6.07, 6.45) is -2.16. The van der Waals surface area contributed by atoms with Crippen LogP contribution in [-0.2, 0) is 19.0 Å². The first-order chi connectivity index (χ1) is 11.0.